The zero-order valence-electron chi connectivity index (χ0n) is 12.0. The molecule has 0 aromatic heterocycles. The number of fused-ring (bicyclic) bond motifs is 2. The minimum Gasteiger partial charge on any atom is -0.339 e. The van der Waals surface area contributed by atoms with Crippen LogP contribution in [0.25, 0.3) is 0 Å². The number of piperidine rings is 1. The van der Waals surface area contributed by atoms with Crippen molar-refractivity contribution in [3.8, 4) is 0 Å². The van der Waals surface area contributed by atoms with Crippen LogP contribution in [0.4, 0.5) is 0 Å². The molecule has 0 N–H and O–H groups in total. The summed E-state index contributed by atoms with van der Waals surface area (Å²) in [5.41, 5.74) is 0.710. The van der Waals surface area contributed by atoms with Gasteiger partial charge in [-0.05, 0) is 36.0 Å². The van der Waals surface area contributed by atoms with Gasteiger partial charge in [0.15, 0.2) is 0 Å². The van der Waals surface area contributed by atoms with Gasteiger partial charge >= 0.3 is 0 Å². The Morgan fingerprint density at radius 1 is 1.35 bits per heavy atom. The topological polar surface area (TPSA) is 20.3 Å². The molecule has 0 aromatic carbocycles. The number of rotatable bonds is 3. The molecule has 2 atom stereocenters. The SMILES string of the molecule is CC(C)CCC(=O)N1C[C@@]2(C)C[C@H]1C(C)(C)C2. The molecule has 2 heteroatoms. The highest BCUT2D eigenvalue weighted by Crippen LogP contribution is 2.56. The fourth-order valence-electron chi connectivity index (χ4n) is 4.02. The van der Waals surface area contributed by atoms with Crippen molar-refractivity contribution in [2.75, 3.05) is 6.54 Å². The number of carbonyl (C=O) groups excluding carboxylic acids is 1. The van der Waals surface area contributed by atoms with Gasteiger partial charge < -0.3 is 4.90 Å². The summed E-state index contributed by atoms with van der Waals surface area (Å²) in [5, 5.41) is 0. The molecule has 0 radical (unpaired) electrons. The van der Waals surface area contributed by atoms with Crippen LogP contribution in [-0.4, -0.2) is 23.4 Å². The maximum absolute atomic E-state index is 12.3. The van der Waals surface area contributed by atoms with Gasteiger partial charge in [-0.3, -0.25) is 4.79 Å². The molecule has 1 aliphatic carbocycles. The molecule has 1 aliphatic heterocycles. The fraction of sp³-hybridized carbons (Fsp3) is 0.933. The monoisotopic (exact) mass is 237 g/mol. The third kappa shape index (κ3) is 2.36. The van der Waals surface area contributed by atoms with Crippen LogP contribution in [0.2, 0.25) is 0 Å². The summed E-state index contributed by atoms with van der Waals surface area (Å²) < 4.78 is 0. The second-order valence-corrected chi connectivity index (χ2v) is 7.65. The lowest BCUT2D eigenvalue weighted by Gasteiger charge is -2.41. The summed E-state index contributed by atoms with van der Waals surface area (Å²) in [7, 11) is 0. The van der Waals surface area contributed by atoms with Crippen LogP contribution in [0.3, 0.4) is 0 Å². The molecule has 1 saturated heterocycles. The van der Waals surface area contributed by atoms with Gasteiger partial charge in [-0.25, -0.2) is 0 Å². The Kier molecular flexibility index (Phi) is 3.04. The highest BCUT2D eigenvalue weighted by molar-refractivity contribution is 5.77. The first-order valence-electron chi connectivity index (χ1n) is 7.03. The first-order chi connectivity index (χ1) is 7.73. The molecule has 0 unspecified atom stereocenters. The molecule has 0 aromatic rings. The summed E-state index contributed by atoms with van der Waals surface area (Å²) in [5.74, 6) is 1.02. The normalized spacial score (nSPS) is 34.7. The number of amides is 1. The molecular weight excluding hydrogens is 210 g/mol. The predicted octanol–water partition coefficient (Wildman–Crippen LogP) is 3.46. The van der Waals surface area contributed by atoms with Crippen LogP contribution >= 0.6 is 0 Å². The van der Waals surface area contributed by atoms with Crippen LogP contribution < -0.4 is 0 Å². The van der Waals surface area contributed by atoms with Crippen molar-refractivity contribution in [2.45, 2.75) is 66.3 Å². The van der Waals surface area contributed by atoms with Gasteiger partial charge in [0, 0.05) is 19.0 Å². The highest BCUT2D eigenvalue weighted by Gasteiger charge is 2.56. The number of hydrogen-bond donors (Lipinski definition) is 0. The quantitative estimate of drug-likeness (QED) is 0.736. The van der Waals surface area contributed by atoms with E-state index in [-0.39, 0.29) is 0 Å². The summed E-state index contributed by atoms with van der Waals surface area (Å²) in [6, 6.07) is 0.493. The second kappa shape index (κ2) is 4.00. The minimum atomic E-state index is 0.320. The molecule has 2 bridgehead atoms. The summed E-state index contributed by atoms with van der Waals surface area (Å²) in [6.07, 6.45) is 4.26. The van der Waals surface area contributed by atoms with Gasteiger partial charge in [0.1, 0.15) is 0 Å². The maximum atomic E-state index is 12.3. The van der Waals surface area contributed by atoms with E-state index in [4.69, 9.17) is 0 Å². The van der Waals surface area contributed by atoms with Crippen LogP contribution in [0.15, 0.2) is 0 Å². The van der Waals surface area contributed by atoms with Crippen LogP contribution in [0.1, 0.15) is 60.3 Å². The van der Waals surface area contributed by atoms with Crippen molar-refractivity contribution in [2.24, 2.45) is 16.7 Å². The lowest BCUT2D eigenvalue weighted by atomic mass is 9.79. The van der Waals surface area contributed by atoms with E-state index in [1.165, 1.54) is 12.8 Å². The lowest BCUT2D eigenvalue weighted by Crippen LogP contribution is -2.47. The molecular formula is C15H27NO. The minimum absolute atomic E-state index is 0.320. The highest BCUT2D eigenvalue weighted by atomic mass is 16.2. The molecule has 2 nitrogen and oxygen atoms in total. The third-order valence-corrected chi connectivity index (χ3v) is 4.65. The zero-order valence-corrected chi connectivity index (χ0v) is 12.0. The lowest BCUT2D eigenvalue weighted by molar-refractivity contribution is -0.136. The summed E-state index contributed by atoms with van der Waals surface area (Å²) >= 11 is 0. The number of nitrogens with zero attached hydrogens (tertiary/aromatic N) is 1. The first-order valence-corrected chi connectivity index (χ1v) is 7.03. The zero-order chi connectivity index (χ0) is 12.8. The fourth-order valence-corrected chi connectivity index (χ4v) is 4.02. The van der Waals surface area contributed by atoms with Gasteiger partial charge in [0.2, 0.25) is 5.91 Å². The van der Waals surface area contributed by atoms with E-state index in [0.29, 0.717) is 28.7 Å². The molecule has 1 saturated carbocycles. The number of carbonyl (C=O) groups is 1. The van der Waals surface area contributed by atoms with Crippen LogP contribution in [-0.2, 0) is 4.79 Å². The van der Waals surface area contributed by atoms with Crippen molar-refractivity contribution in [1.82, 2.24) is 4.90 Å². The van der Waals surface area contributed by atoms with Crippen LogP contribution in [0.5, 0.6) is 0 Å². The second-order valence-electron chi connectivity index (χ2n) is 7.65. The molecule has 98 valence electrons. The Morgan fingerprint density at radius 3 is 2.47 bits per heavy atom. The largest absolute Gasteiger partial charge is 0.339 e. The average Bonchev–Trinajstić information content (AvgIpc) is 2.62. The predicted molar refractivity (Wildman–Crippen MR) is 70.7 cm³/mol. The molecule has 17 heavy (non-hydrogen) atoms. The van der Waals surface area contributed by atoms with E-state index >= 15 is 0 Å². The van der Waals surface area contributed by atoms with Crippen molar-refractivity contribution < 1.29 is 4.79 Å². The average molecular weight is 237 g/mol. The summed E-state index contributed by atoms with van der Waals surface area (Å²) in [6.45, 7) is 12.4. The van der Waals surface area contributed by atoms with Gasteiger partial charge in [-0.2, -0.15) is 0 Å². The smallest absolute Gasteiger partial charge is 0.222 e. The molecule has 2 fully saturated rings. The van der Waals surface area contributed by atoms with E-state index in [0.717, 1.165) is 19.4 Å². The molecule has 2 rings (SSSR count). The maximum Gasteiger partial charge on any atom is 0.222 e. The van der Waals surface area contributed by atoms with E-state index in [1.54, 1.807) is 0 Å². The van der Waals surface area contributed by atoms with Crippen LogP contribution in [0, 0.1) is 16.7 Å². The van der Waals surface area contributed by atoms with Crippen molar-refractivity contribution in [1.29, 1.82) is 0 Å². The van der Waals surface area contributed by atoms with Gasteiger partial charge in [0.25, 0.3) is 0 Å². The molecule has 1 heterocycles. The van der Waals surface area contributed by atoms with E-state index in [2.05, 4.69) is 39.5 Å². The summed E-state index contributed by atoms with van der Waals surface area (Å²) in [4.78, 5) is 14.5. The number of likely N-dealkylation sites (tertiary alicyclic amines) is 1. The Balaban J connectivity index is 2.02. The van der Waals surface area contributed by atoms with Crippen molar-refractivity contribution >= 4 is 5.91 Å². The van der Waals surface area contributed by atoms with Crippen molar-refractivity contribution in [3.05, 3.63) is 0 Å². The van der Waals surface area contributed by atoms with E-state index in [1.807, 2.05) is 0 Å². The standard InChI is InChI=1S/C15H27NO/c1-11(2)6-7-13(17)16-10-15(5)8-12(16)14(3,4)9-15/h11-12H,6-10H2,1-5H3/t12-,15-/m0/s1. The Morgan fingerprint density at radius 2 is 2.00 bits per heavy atom. The first kappa shape index (κ1) is 12.9. The molecule has 1 amide bonds. The Bertz CT molecular complexity index is 318. The molecule has 0 spiro atoms. The van der Waals surface area contributed by atoms with Gasteiger partial charge in [-0.15, -0.1) is 0 Å². The molecule has 2 aliphatic rings. The third-order valence-electron chi connectivity index (χ3n) is 4.65. The van der Waals surface area contributed by atoms with E-state index < -0.39 is 0 Å². The number of hydrogen-bond acceptors (Lipinski definition) is 1. The Labute approximate surface area is 106 Å². The van der Waals surface area contributed by atoms with Gasteiger partial charge in [-0.1, -0.05) is 34.6 Å². The van der Waals surface area contributed by atoms with Crippen molar-refractivity contribution in [3.63, 3.8) is 0 Å². The van der Waals surface area contributed by atoms with E-state index in [9.17, 15) is 4.79 Å². The Hall–Kier alpha value is -0.530. The van der Waals surface area contributed by atoms with Gasteiger partial charge in [0.05, 0.1) is 0 Å².